The standard InChI is InChI=1S/C12H14Cl2N2O/c1-2-3-4-12(17)16-15-8-9-5-6-10(13)7-11(9)14/h5-8H,2-4H2,1H3,(H,16,17). The summed E-state index contributed by atoms with van der Waals surface area (Å²) in [6.45, 7) is 2.03. The van der Waals surface area contributed by atoms with Gasteiger partial charge in [0.25, 0.3) is 0 Å². The molecule has 0 unspecified atom stereocenters. The van der Waals surface area contributed by atoms with Crippen molar-refractivity contribution in [1.29, 1.82) is 0 Å². The number of carbonyl (C=O) groups excluding carboxylic acids is 1. The third-order valence-electron chi connectivity index (χ3n) is 2.11. The van der Waals surface area contributed by atoms with Crippen molar-refractivity contribution in [1.82, 2.24) is 5.43 Å². The van der Waals surface area contributed by atoms with E-state index in [9.17, 15) is 4.79 Å². The number of nitrogens with one attached hydrogen (secondary N) is 1. The molecule has 17 heavy (non-hydrogen) atoms. The maximum absolute atomic E-state index is 11.3. The fourth-order valence-corrected chi connectivity index (χ4v) is 1.63. The van der Waals surface area contributed by atoms with Gasteiger partial charge in [-0.05, 0) is 18.6 Å². The van der Waals surface area contributed by atoms with Gasteiger partial charge in [0.05, 0.1) is 11.2 Å². The highest BCUT2D eigenvalue weighted by atomic mass is 35.5. The number of halogens is 2. The molecule has 1 amide bonds. The van der Waals surface area contributed by atoms with Crippen LogP contribution in [0.15, 0.2) is 23.3 Å². The van der Waals surface area contributed by atoms with Gasteiger partial charge in [-0.2, -0.15) is 5.10 Å². The van der Waals surface area contributed by atoms with Crippen molar-refractivity contribution in [3.63, 3.8) is 0 Å². The summed E-state index contributed by atoms with van der Waals surface area (Å²) >= 11 is 11.7. The maximum atomic E-state index is 11.3. The third-order valence-corrected chi connectivity index (χ3v) is 2.68. The second-order valence-corrected chi connectivity index (χ2v) is 4.41. The average molecular weight is 273 g/mol. The number of nitrogens with zero attached hydrogens (tertiary/aromatic N) is 1. The molecule has 0 aliphatic rings. The quantitative estimate of drug-likeness (QED) is 0.646. The summed E-state index contributed by atoms with van der Waals surface area (Å²) in [5, 5.41) is 4.91. The van der Waals surface area contributed by atoms with Crippen LogP contribution < -0.4 is 5.43 Å². The fourth-order valence-electron chi connectivity index (χ4n) is 1.17. The summed E-state index contributed by atoms with van der Waals surface area (Å²) in [7, 11) is 0. The molecule has 0 aliphatic carbocycles. The van der Waals surface area contributed by atoms with E-state index < -0.39 is 0 Å². The number of rotatable bonds is 5. The van der Waals surface area contributed by atoms with Crippen LogP contribution in [0.3, 0.4) is 0 Å². The molecule has 0 radical (unpaired) electrons. The number of benzene rings is 1. The van der Waals surface area contributed by atoms with Gasteiger partial charge in [-0.25, -0.2) is 5.43 Å². The second-order valence-electron chi connectivity index (χ2n) is 3.56. The zero-order chi connectivity index (χ0) is 12.7. The van der Waals surface area contributed by atoms with E-state index in [-0.39, 0.29) is 5.91 Å². The molecule has 1 aromatic rings. The first-order chi connectivity index (χ1) is 8.13. The summed E-state index contributed by atoms with van der Waals surface area (Å²) in [4.78, 5) is 11.3. The summed E-state index contributed by atoms with van der Waals surface area (Å²) < 4.78 is 0. The molecule has 0 fully saturated rings. The van der Waals surface area contributed by atoms with Crippen LogP contribution in [0.1, 0.15) is 31.7 Å². The highest BCUT2D eigenvalue weighted by Crippen LogP contribution is 2.19. The van der Waals surface area contributed by atoms with E-state index in [2.05, 4.69) is 10.5 Å². The molecule has 5 heteroatoms. The van der Waals surface area contributed by atoms with Crippen LogP contribution in [-0.4, -0.2) is 12.1 Å². The first kappa shape index (κ1) is 14.0. The lowest BCUT2D eigenvalue weighted by Crippen LogP contribution is -2.16. The van der Waals surface area contributed by atoms with Crippen LogP contribution in [-0.2, 0) is 4.79 Å². The van der Waals surface area contributed by atoms with E-state index in [1.165, 1.54) is 6.21 Å². The molecule has 1 rings (SSSR count). The van der Waals surface area contributed by atoms with Crippen LogP contribution >= 0.6 is 23.2 Å². The Balaban J connectivity index is 2.50. The van der Waals surface area contributed by atoms with Crippen LogP contribution in [0, 0.1) is 0 Å². The molecule has 0 heterocycles. The van der Waals surface area contributed by atoms with Gasteiger partial charge in [0.15, 0.2) is 0 Å². The molecule has 1 aromatic carbocycles. The first-order valence-corrected chi connectivity index (χ1v) is 6.16. The van der Waals surface area contributed by atoms with E-state index in [1.807, 2.05) is 6.92 Å². The van der Waals surface area contributed by atoms with Gasteiger partial charge in [-0.15, -0.1) is 0 Å². The molecular formula is C12H14Cl2N2O. The van der Waals surface area contributed by atoms with E-state index in [1.54, 1.807) is 18.2 Å². The topological polar surface area (TPSA) is 41.5 Å². The number of carbonyl (C=O) groups is 1. The van der Waals surface area contributed by atoms with Gasteiger partial charge in [0, 0.05) is 17.0 Å². The van der Waals surface area contributed by atoms with Gasteiger partial charge < -0.3 is 0 Å². The van der Waals surface area contributed by atoms with Crippen molar-refractivity contribution in [2.75, 3.05) is 0 Å². The number of unbranched alkanes of at least 4 members (excludes halogenated alkanes) is 1. The van der Waals surface area contributed by atoms with Gasteiger partial charge in [-0.3, -0.25) is 4.79 Å². The predicted octanol–water partition coefficient (Wildman–Crippen LogP) is 3.63. The van der Waals surface area contributed by atoms with Crippen LogP contribution in [0.2, 0.25) is 10.0 Å². The zero-order valence-corrected chi connectivity index (χ0v) is 11.1. The Morgan fingerprint density at radius 1 is 1.47 bits per heavy atom. The fraction of sp³-hybridized carbons (Fsp3) is 0.333. The first-order valence-electron chi connectivity index (χ1n) is 5.40. The van der Waals surface area contributed by atoms with Crippen molar-refractivity contribution < 1.29 is 4.79 Å². The highest BCUT2D eigenvalue weighted by molar-refractivity contribution is 6.36. The Bertz CT molecular complexity index is 419. The smallest absolute Gasteiger partial charge is 0.240 e. The SMILES string of the molecule is CCCCC(=O)NN=Cc1ccc(Cl)cc1Cl. The molecule has 3 nitrogen and oxygen atoms in total. The van der Waals surface area contributed by atoms with Gasteiger partial charge >= 0.3 is 0 Å². The minimum Gasteiger partial charge on any atom is -0.273 e. The van der Waals surface area contributed by atoms with E-state index >= 15 is 0 Å². The number of hydrogen-bond acceptors (Lipinski definition) is 2. The Hall–Kier alpha value is -1.06. The van der Waals surface area contributed by atoms with E-state index in [0.29, 0.717) is 22.0 Å². The van der Waals surface area contributed by atoms with Crippen molar-refractivity contribution in [2.45, 2.75) is 26.2 Å². The molecule has 0 saturated carbocycles. The number of hydrazone groups is 1. The summed E-state index contributed by atoms with van der Waals surface area (Å²) in [6.07, 6.45) is 3.84. The molecule has 0 atom stereocenters. The van der Waals surface area contributed by atoms with Crippen LogP contribution in [0.5, 0.6) is 0 Å². The van der Waals surface area contributed by atoms with E-state index in [4.69, 9.17) is 23.2 Å². The molecular weight excluding hydrogens is 259 g/mol. The Labute approximate surface area is 111 Å². The summed E-state index contributed by atoms with van der Waals surface area (Å²) in [6, 6.07) is 5.09. The molecule has 0 saturated heterocycles. The molecule has 0 bridgehead atoms. The third kappa shape index (κ3) is 5.20. The van der Waals surface area contributed by atoms with Crippen LogP contribution in [0.25, 0.3) is 0 Å². The van der Waals surface area contributed by atoms with Crippen molar-refractivity contribution in [3.8, 4) is 0 Å². The van der Waals surface area contributed by atoms with Crippen LogP contribution in [0.4, 0.5) is 0 Å². The normalized spacial score (nSPS) is 10.8. The lowest BCUT2D eigenvalue weighted by Gasteiger charge is -1.99. The average Bonchev–Trinajstić information content (AvgIpc) is 2.29. The Kier molecular flexibility index (Phi) is 6.01. The Morgan fingerprint density at radius 3 is 2.88 bits per heavy atom. The number of amides is 1. The van der Waals surface area contributed by atoms with Gasteiger partial charge in [0.1, 0.15) is 0 Å². The van der Waals surface area contributed by atoms with Crippen molar-refractivity contribution in [2.24, 2.45) is 5.10 Å². The van der Waals surface area contributed by atoms with Crippen molar-refractivity contribution >= 4 is 35.3 Å². The maximum Gasteiger partial charge on any atom is 0.240 e. The minimum absolute atomic E-state index is 0.0896. The monoisotopic (exact) mass is 272 g/mol. The second kappa shape index (κ2) is 7.30. The highest BCUT2D eigenvalue weighted by Gasteiger charge is 1.99. The largest absolute Gasteiger partial charge is 0.273 e. The Morgan fingerprint density at radius 2 is 2.24 bits per heavy atom. The summed E-state index contributed by atoms with van der Waals surface area (Å²) in [5.74, 6) is -0.0896. The molecule has 0 aliphatic heterocycles. The molecule has 0 spiro atoms. The lowest BCUT2D eigenvalue weighted by molar-refractivity contribution is -0.121. The minimum atomic E-state index is -0.0896. The number of hydrogen-bond donors (Lipinski definition) is 1. The zero-order valence-electron chi connectivity index (χ0n) is 9.54. The van der Waals surface area contributed by atoms with E-state index in [0.717, 1.165) is 12.8 Å². The predicted molar refractivity (Wildman–Crippen MR) is 71.7 cm³/mol. The summed E-state index contributed by atoms with van der Waals surface area (Å²) in [5.41, 5.74) is 3.16. The van der Waals surface area contributed by atoms with Crippen molar-refractivity contribution in [3.05, 3.63) is 33.8 Å². The lowest BCUT2D eigenvalue weighted by atomic mass is 10.2. The van der Waals surface area contributed by atoms with Gasteiger partial charge in [-0.1, -0.05) is 42.6 Å². The molecule has 1 N–H and O–H groups in total. The molecule has 0 aromatic heterocycles. The molecule has 92 valence electrons. The van der Waals surface area contributed by atoms with Gasteiger partial charge in [0.2, 0.25) is 5.91 Å².